The predicted octanol–water partition coefficient (Wildman–Crippen LogP) is 1.94. The Morgan fingerprint density at radius 1 is 1.32 bits per heavy atom. The minimum atomic E-state index is -0.400. The van der Waals surface area contributed by atoms with E-state index in [1.807, 2.05) is 0 Å². The lowest BCUT2D eigenvalue weighted by Gasteiger charge is -2.17. The molecule has 0 bridgehead atoms. The number of aromatic nitrogens is 2. The van der Waals surface area contributed by atoms with Crippen LogP contribution in [0.15, 0.2) is 4.52 Å². The fourth-order valence-corrected chi connectivity index (χ4v) is 3.09. The molecule has 0 spiro atoms. The first-order valence-electron chi connectivity index (χ1n) is 8.49. The number of carbonyl (C=O) groups is 1. The van der Waals surface area contributed by atoms with Crippen molar-refractivity contribution >= 4 is 5.91 Å². The van der Waals surface area contributed by atoms with Crippen molar-refractivity contribution in [3.63, 3.8) is 0 Å². The summed E-state index contributed by atoms with van der Waals surface area (Å²) in [6.45, 7) is 0.371. The molecule has 122 valence electrons. The highest BCUT2D eigenvalue weighted by Gasteiger charge is 2.28. The molecule has 0 aliphatic heterocycles. The van der Waals surface area contributed by atoms with Gasteiger partial charge in [0.25, 0.3) is 0 Å². The molecule has 1 aromatic heterocycles. The summed E-state index contributed by atoms with van der Waals surface area (Å²) in [5.74, 6) is 2.29. The molecule has 2 fully saturated rings. The van der Waals surface area contributed by atoms with Gasteiger partial charge >= 0.3 is 0 Å². The summed E-state index contributed by atoms with van der Waals surface area (Å²) in [4.78, 5) is 16.1. The van der Waals surface area contributed by atoms with Gasteiger partial charge in [-0.3, -0.25) is 4.79 Å². The Labute approximate surface area is 130 Å². The lowest BCUT2D eigenvalue weighted by Crippen LogP contribution is -2.35. The highest BCUT2D eigenvalue weighted by atomic mass is 16.5. The molecule has 1 unspecified atom stereocenters. The minimum absolute atomic E-state index is 0.0148. The van der Waals surface area contributed by atoms with E-state index in [-0.39, 0.29) is 5.91 Å². The third-order valence-electron chi connectivity index (χ3n) is 4.67. The molecule has 0 radical (unpaired) electrons. The highest BCUT2D eigenvalue weighted by Crippen LogP contribution is 2.38. The summed E-state index contributed by atoms with van der Waals surface area (Å²) in [5, 5.41) is 16.8. The zero-order valence-corrected chi connectivity index (χ0v) is 13.0. The van der Waals surface area contributed by atoms with Crippen LogP contribution >= 0.6 is 0 Å². The largest absolute Gasteiger partial charge is 0.391 e. The van der Waals surface area contributed by atoms with Crippen LogP contribution < -0.4 is 5.32 Å². The molecule has 0 aromatic carbocycles. The quantitative estimate of drug-likeness (QED) is 0.766. The van der Waals surface area contributed by atoms with Gasteiger partial charge in [-0.25, -0.2) is 0 Å². The van der Waals surface area contributed by atoms with Gasteiger partial charge in [0.1, 0.15) is 0 Å². The van der Waals surface area contributed by atoms with Gasteiger partial charge in [-0.1, -0.05) is 18.0 Å². The van der Waals surface area contributed by atoms with Gasteiger partial charge in [0.2, 0.25) is 11.8 Å². The maximum Gasteiger partial charge on any atom is 0.226 e. The van der Waals surface area contributed by atoms with E-state index in [4.69, 9.17) is 4.52 Å². The maximum absolute atomic E-state index is 11.8. The van der Waals surface area contributed by atoms with E-state index in [1.165, 1.54) is 12.8 Å². The summed E-state index contributed by atoms with van der Waals surface area (Å²) in [7, 11) is 0. The Morgan fingerprint density at radius 3 is 2.82 bits per heavy atom. The summed E-state index contributed by atoms with van der Waals surface area (Å²) in [5.41, 5.74) is 0. The Balaban J connectivity index is 1.30. The zero-order chi connectivity index (χ0) is 15.4. The summed E-state index contributed by atoms with van der Waals surface area (Å²) >= 11 is 0. The molecular weight excluding hydrogens is 282 g/mol. The Hall–Kier alpha value is -1.43. The molecule has 2 aliphatic rings. The fourth-order valence-electron chi connectivity index (χ4n) is 3.09. The van der Waals surface area contributed by atoms with E-state index in [0.29, 0.717) is 43.5 Å². The number of nitrogens with zero attached hydrogens (tertiary/aromatic N) is 2. The van der Waals surface area contributed by atoms with Crippen molar-refractivity contribution in [3.05, 3.63) is 11.7 Å². The molecule has 1 heterocycles. The van der Waals surface area contributed by atoms with E-state index in [0.717, 1.165) is 31.5 Å². The van der Waals surface area contributed by atoms with E-state index in [1.54, 1.807) is 0 Å². The molecule has 6 nitrogen and oxygen atoms in total. The topological polar surface area (TPSA) is 88.2 Å². The van der Waals surface area contributed by atoms with Crippen LogP contribution in [0.4, 0.5) is 0 Å². The van der Waals surface area contributed by atoms with Gasteiger partial charge < -0.3 is 14.9 Å². The first-order chi connectivity index (χ1) is 10.7. The smallest absolute Gasteiger partial charge is 0.226 e. The van der Waals surface area contributed by atoms with Crippen LogP contribution in [0.1, 0.15) is 69.0 Å². The van der Waals surface area contributed by atoms with Crippen molar-refractivity contribution < 1.29 is 14.4 Å². The van der Waals surface area contributed by atoms with Gasteiger partial charge in [-0.2, -0.15) is 4.98 Å². The van der Waals surface area contributed by atoms with E-state index in [9.17, 15) is 9.90 Å². The number of amides is 1. The summed E-state index contributed by atoms with van der Waals surface area (Å²) < 4.78 is 5.18. The number of hydrogen-bond donors (Lipinski definition) is 2. The number of hydrogen-bond acceptors (Lipinski definition) is 5. The number of aliphatic hydroxyl groups is 1. The normalized spacial score (nSPS) is 20.2. The number of aliphatic hydroxyl groups excluding tert-OH is 1. The Kier molecular flexibility index (Phi) is 5.08. The fraction of sp³-hybridized carbons (Fsp3) is 0.812. The van der Waals surface area contributed by atoms with Gasteiger partial charge in [-0.15, -0.1) is 0 Å². The van der Waals surface area contributed by atoms with Crippen LogP contribution in [-0.4, -0.2) is 33.8 Å². The van der Waals surface area contributed by atoms with Crippen LogP contribution in [0.5, 0.6) is 0 Å². The van der Waals surface area contributed by atoms with Gasteiger partial charge in [0.05, 0.1) is 6.10 Å². The van der Waals surface area contributed by atoms with Crippen molar-refractivity contribution in [2.75, 3.05) is 6.54 Å². The van der Waals surface area contributed by atoms with Crippen molar-refractivity contribution in [1.29, 1.82) is 0 Å². The lowest BCUT2D eigenvalue weighted by atomic mass is 10.0. The van der Waals surface area contributed by atoms with Crippen molar-refractivity contribution in [1.82, 2.24) is 15.5 Å². The summed E-state index contributed by atoms with van der Waals surface area (Å²) in [6.07, 6.45) is 8.23. The third-order valence-corrected chi connectivity index (χ3v) is 4.67. The van der Waals surface area contributed by atoms with Crippen LogP contribution in [0.3, 0.4) is 0 Å². The number of carbonyl (C=O) groups excluding carboxylic acids is 1. The molecule has 2 N–H and O–H groups in total. The second-order valence-corrected chi connectivity index (χ2v) is 6.59. The maximum atomic E-state index is 11.8. The van der Waals surface area contributed by atoms with Crippen molar-refractivity contribution in [2.24, 2.45) is 5.92 Å². The van der Waals surface area contributed by atoms with Crippen molar-refractivity contribution in [3.8, 4) is 0 Å². The number of nitrogens with one attached hydrogen (secondary N) is 1. The number of aryl methyl sites for hydroxylation is 1. The number of rotatable bonds is 8. The SMILES string of the molecule is O=C(CCCc1nc(C2CC2)no1)NCC(O)C1CCCC1. The molecule has 1 atom stereocenters. The standard InChI is InChI=1S/C16H25N3O3/c20-13(11-4-1-2-5-11)10-17-14(21)6-3-7-15-18-16(19-22-15)12-8-9-12/h11-13,20H,1-10H2,(H,17,21). The Morgan fingerprint density at radius 2 is 2.09 bits per heavy atom. The monoisotopic (exact) mass is 307 g/mol. The highest BCUT2D eigenvalue weighted by molar-refractivity contribution is 5.75. The molecular formula is C16H25N3O3. The van der Waals surface area contributed by atoms with Crippen LogP contribution in [0.2, 0.25) is 0 Å². The molecule has 2 aliphatic carbocycles. The van der Waals surface area contributed by atoms with E-state index < -0.39 is 6.10 Å². The van der Waals surface area contributed by atoms with Crippen molar-refractivity contribution in [2.45, 2.75) is 69.8 Å². The third kappa shape index (κ3) is 4.29. The van der Waals surface area contributed by atoms with Crippen LogP contribution in [-0.2, 0) is 11.2 Å². The minimum Gasteiger partial charge on any atom is -0.391 e. The molecule has 3 rings (SSSR count). The van der Waals surface area contributed by atoms with Crippen LogP contribution in [0, 0.1) is 5.92 Å². The first kappa shape index (κ1) is 15.5. The average Bonchev–Trinajstić information content (AvgIpc) is 3.03. The average molecular weight is 307 g/mol. The molecule has 2 saturated carbocycles. The second kappa shape index (κ2) is 7.22. The lowest BCUT2D eigenvalue weighted by molar-refractivity contribution is -0.121. The van der Waals surface area contributed by atoms with Gasteiger partial charge in [0, 0.05) is 25.3 Å². The van der Waals surface area contributed by atoms with Gasteiger partial charge in [0.15, 0.2) is 5.82 Å². The van der Waals surface area contributed by atoms with Crippen LogP contribution in [0.25, 0.3) is 0 Å². The first-order valence-corrected chi connectivity index (χ1v) is 8.49. The van der Waals surface area contributed by atoms with E-state index >= 15 is 0 Å². The molecule has 1 aromatic rings. The van der Waals surface area contributed by atoms with Gasteiger partial charge in [-0.05, 0) is 38.0 Å². The summed E-state index contributed by atoms with van der Waals surface area (Å²) in [6, 6.07) is 0. The Bertz CT molecular complexity index is 493. The molecule has 0 saturated heterocycles. The second-order valence-electron chi connectivity index (χ2n) is 6.59. The molecule has 1 amide bonds. The zero-order valence-electron chi connectivity index (χ0n) is 13.0. The predicted molar refractivity (Wildman–Crippen MR) is 80.2 cm³/mol. The van der Waals surface area contributed by atoms with E-state index in [2.05, 4.69) is 15.5 Å². The molecule has 22 heavy (non-hydrogen) atoms. The molecule has 6 heteroatoms.